The van der Waals surface area contributed by atoms with E-state index in [2.05, 4.69) is 85.9 Å². The van der Waals surface area contributed by atoms with Gasteiger partial charge in [-0.05, 0) is 48.6 Å². The molecular formula is C25H27N3O. The summed E-state index contributed by atoms with van der Waals surface area (Å²) >= 11 is 0. The molecule has 0 amide bonds. The van der Waals surface area contributed by atoms with Crippen LogP contribution in [0.3, 0.4) is 0 Å². The van der Waals surface area contributed by atoms with Gasteiger partial charge in [-0.15, -0.1) is 0 Å². The Bertz CT molecular complexity index is 1170. The first-order chi connectivity index (χ1) is 13.8. The molecule has 0 bridgehead atoms. The molecule has 0 spiro atoms. The normalized spacial score (nSPS) is 22.8. The molecule has 0 fully saturated rings. The highest BCUT2D eigenvalue weighted by Crippen LogP contribution is 2.46. The summed E-state index contributed by atoms with van der Waals surface area (Å²) in [6.45, 7) is 8.52. The molecule has 3 aromatic rings. The Hall–Kier alpha value is -3.01. The predicted octanol–water partition coefficient (Wildman–Crippen LogP) is 5.86. The third-order valence-electron chi connectivity index (χ3n) is 6.37. The van der Waals surface area contributed by atoms with Crippen molar-refractivity contribution in [1.29, 1.82) is 0 Å². The van der Waals surface area contributed by atoms with Crippen LogP contribution in [-0.2, 0) is 4.79 Å². The van der Waals surface area contributed by atoms with Crippen molar-refractivity contribution in [3.05, 3.63) is 71.1 Å². The number of carbonyl (C=O) groups excluding carboxylic acids is 1. The van der Waals surface area contributed by atoms with Crippen molar-refractivity contribution in [2.75, 3.05) is 10.6 Å². The molecule has 2 aliphatic rings. The van der Waals surface area contributed by atoms with Crippen LogP contribution >= 0.6 is 0 Å². The van der Waals surface area contributed by atoms with E-state index in [-0.39, 0.29) is 23.2 Å². The first kappa shape index (κ1) is 18.0. The van der Waals surface area contributed by atoms with Gasteiger partial charge in [0.1, 0.15) is 5.78 Å². The number of carbonyl (C=O) groups is 1. The van der Waals surface area contributed by atoms with Gasteiger partial charge in [-0.2, -0.15) is 0 Å². The van der Waals surface area contributed by atoms with Crippen molar-refractivity contribution in [1.82, 2.24) is 4.98 Å². The van der Waals surface area contributed by atoms with Crippen LogP contribution < -0.4 is 10.6 Å². The minimum absolute atomic E-state index is 0.128. The number of para-hydroxylation sites is 1. The lowest BCUT2D eigenvalue weighted by Gasteiger charge is -2.35. The van der Waals surface area contributed by atoms with E-state index in [0.717, 1.165) is 33.5 Å². The molecule has 29 heavy (non-hydrogen) atoms. The number of benzene rings is 2. The number of anilines is 2. The van der Waals surface area contributed by atoms with Gasteiger partial charge in [-0.25, -0.2) is 0 Å². The van der Waals surface area contributed by atoms with Gasteiger partial charge in [0.2, 0.25) is 0 Å². The zero-order chi connectivity index (χ0) is 20.3. The first-order valence-electron chi connectivity index (χ1n) is 10.3. The lowest BCUT2D eigenvalue weighted by Crippen LogP contribution is -2.36. The number of allylic oxidation sites excluding steroid dienone is 1. The Morgan fingerprint density at radius 2 is 1.76 bits per heavy atom. The maximum atomic E-state index is 13.4. The summed E-state index contributed by atoms with van der Waals surface area (Å²) in [7, 11) is 0. The molecule has 148 valence electrons. The number of aryl methyl sites for hydroxylation is 2. The standard InChI is InChI=1S/C25H27N3O/c1-14-9-19-20(10-15(14)2)28-24(17-13-26-18-8-6-5-7-16(17)18)23-21(27-19)11-25(3,4)12-22(23)29/h5-11,13,23-24,26-28H,12H2,1-4H3/t23-,24-/m1/s1. The minimum Gasteiger partial charge on any atom is -0.375 e. The van der Waals surface area contributed by atoms with Gasteiger partial charge in [-0.1, -0.05) is 38.1 Å². The van der Waals surface area contributed by atoms with E-state index in [1.54, 1.807) is 0 Å². The zero-order valence-electron chi connectivity index (χ0n) is 17.4. The van der Waals surface area contributed by atoms with E-state index in [4.69, 9.17) is 0 Å². The van der Waals surface area contributed by atoms with Crippen molar-refractivity contribution in [3.8, 4) is 0 Å². The summed E-state index contributed by atoms with van der Waals surface area (Å²) in [5.74, 6) is 0.0410. The second kappa shape index (κ2) is 6.24. The summed E-state index contributed by atoms with van der Waals surface area (Å²) in [6.07, 6.45) is 4.86. The van der Waals surface area contributed by atoms with Crippen LogP contribution in [0.1, 0.15) is 43.0 Å². The van der Waals surface area contributed by atoms with Gasteiger partial charge in [0.25, 0.3) is 0 Å². The number of hydrogen-bond donors (Lipinski definition) is 3. The van der Waals surface area contributed by atoms with E-state index in [1.165, 1.54) is 11.1 Å². The van der Waals surface area contributed by atoms with Crippen LogP contribution in [0.5, 0.6) is 0 Å². The molecule has 0 unspecified atom stereocenters. The van der Waals surface area contributed by atoms with Crippen LogP contribution in [0.25, 0.3) is 10.9 Å². The SMILES string of the molecule is Cc1cc2c(cc1C)N[C@H](c1c[nH]c3ccccc13)[C@H]1C(=O)CC(C)(C)C=C1N2. The van der Waals surface area contributed by atoms with Gasteiger partial charge in [0.05, 0.1) is 23.3 Å². The fourth-order valence-electron chi connectivity index (χ4n) is 4.83. The number of Topliss-reactive ketones (excluding diaryl/α,β-unsaturated/α-hetero) is 1. The maximum Gasteiger partial charge on any atom is 0.145 e. The summed E-state index contributed by atoms with van der Waals surface area (Å²) in [4.78, 5) is 16.8. The molecule has 3 N–H and O–H groups in total. The lowest BCUT2D eigenvalue weighted by atomic mass is 9.72. The molecule has 2 heterocycles. The maximum absolute atomic E-state index is 13.4. The highest BCUT2D eigenvalue weighted by atomic mass is 16.1. The average molecular weight is 386 g/mol. The largest absolute Gasteiger partial charge is 0.375 e. The van der Waals surface area contributed by atoms with Crippen LogP contribution in [-0.4, -0.2) is 10.8 Å². The topological polar surface area (TPSA) is 56.9 Å². The first-order valence-corrected chi connectivity index (χ1v) is 10.3. The van der Waals surface area contributed by atoms with Gasteiger partial charge in [-0.3, -0.25) is 4.79 Å². The third kappa shape index (κ3) is 2.94. The van der Waals surface area contributed by atoms with E-state index in [1.807, 2.05) is 6.07 Å². The molecule has 1 aliphatic carbocycles. The third-order valence-corrected chi connectivity index (χ3v) is 6.37. The van der Waals surface area contributed by atoms with Crippen LogP contribution in [0, 0.1) is 25.2 Å². The van der Waals surface area contributed by atoms with Crippen LogP contribution in [0.15, 0.2) is 54.4 Å². The molecule has 2 atom stereocenters. The predicted molar refractivity (Wildman–Crippen MR) is 119 cm³/mol. The van der Waals surface area contributed by atoms with E-state index < -0.39 is 0 Å². The number of fused-ring (bicyclic) bond motifs is 3. The fraction of sp³-hybridized carbons (Fsp3) is 0.320. The number of aromatic amines is 1. The highest BCUT2D eigenvalue weighted by Gasteiger charge is 2.42. The smallest absolute Gasteiger partial charge is 0.145 e. The highest BCUT2D eigenvalue weighted by molar-refractivity contribution is 5.92. The Morgan fingerprint density at radius 1 is 1.03 bits per heavy atom. The Balaban J connectivity index is 1.74. The number of H-pyrrole nitrogens is 1. The number of ketones is 1. The monoisotopic (exact) mass is 385 g/mol. The van der Waals surface area contributed by atoms with Gasteiger partial charge in [0, 0.05) is 34.8 Å². The van der Waals surface area contributed by atoms with Crippen molar-refractivity contribution in [2.45, 2.75) is 40.2 Å². The number of aromatic nitrogens is 1. The Labute approximate surface area is 171 Å². The summed E-state index contributed by atoms with van der Waals surface area (Å²) in [5, 5.41) is 8.52. The van der Waals surface area contributed by atoms with Gasteiger partial charge < -0.3 is 15.6 Å². The fourth-order valence-corrected chi connectivity index (χ4v) is 4.83. The van der Waals surface area contributed by atoms with Crippen molar-refractivity contribution in [3.63, 3.8) is 0 Å². The van der Waals surface area contributed by atoms with Crippen molar-refractivity contribution >= 4 is 28.1 Å². The molecular weight excluding hydrogens is 358 g/mol. The lowest BCUT2D eigenvalue weighted by molar-refractivity contribution is -0.124. The quantitative estimate of drug-likeness (QED) is 0.491. The average Bonchev–Trinajstić information content (AvgIpc) is 3.00. The Morgan fingerprint density at radius 3 is 2.55 bits per heavy atom. The van der Waals surface area contributed by atoms with Crippen LogP contribution in [0.4, 0.5) is 11.4 Å². The van der Waals surface area contributed by atoms with Crippen molar-refractivity contribution < 1.29 is 4.79 Å². The summed E-state index contributed by atoms with van der Waals surface area (Å²) in [5.41, 5.74) is 7.65. The molecule has 4 heteroatoms. The van der Waals surface area contributed by atoms with Gasteiger partial charge >= 0.3 is 0 Å². The Kier molecular flexibility index (Phi) is 3.89. The van der Waals surface area contributed by atoms with Crippen LogP contribution in [0.2, 0.25) is 0 Å². The molecule has 1 aromatic heterocycles. The van der Waals surface area contributed by atoms with Crippen molar-refractivity contribution in [2.24, 2.45) is 11.3 Å². The molecule has 0 radical (unpaired) electrons. The molecule has 1 aliphatic heterocycles. The summed E-state index contributed by atoms with van der Waals surface area (Å²) in [6, 6.07) is 12.5. The molecule has 4 nitrogen and oxygen atoms in total. The van der Waals surface area contributed by atoms with E-state index in [9.17, 15) is 4.79 Å². The number of hydrogen-bond acceptors (Lipinski definition) is 3. The van der Waals surface area contributed by atoms with Gasteiger partial charge in [0.15, 0.2) is 0 Å². The second-order valence-corrected chi connectivity index (χ2v) is 9.23. The molecule has 2 aromatic carbocycles. The minimum atomic E-state index is -0.241. The molecule has 5 rings (SSSR count). The molecule has 0 saturated carbocycles. The number of nitrogens with one attached hydrogen (secondary N) is 3. The zero-order valence-corrected chi connectivity index (χ0v) is 17.4. The van der Waals surface area contributed by atoms with E-state index in [0.29, 0.717) is 6.42 Å². The number of rotatable bonds is 1. The second-order valence-electron chi connectivity index (χ2n) is 9.23. The molecule has 0 saturated heterocycles. The summed E-state index contributed by atoms with van der Waals surface area (Å²) < 4.78 is 0. The van der Waals surface area contributed by atoms with E-state index >= 15 is 0 Å².